The summed E-state index contributed by atoms with van der Waals surface area (Å²) in [5.41, 5.74) is 3.49. The smallest absolute Gasteiger partial charge is 0.144 e. The number of benzene rings is 1. The first kappa shape index (κ1) is 13.1. The summed E-state index contributed by atoms with van der Waals surface area (Å²) in [6, 6.07) is 15.7. The molecule has 4 heteroatoms. The lowest BCUT2D eigenvalue weighted by molar-refractivity contribution is 1.01. The van der Waals surface area contributed by atoms with Crippen LogP contribution in [0.25, 0.3) is 10.9 Å². The van der Waals surface area contributed by atoms with E-state index in [1.54, 1.807) is 6.20 Å². The highest BCUT2D eigenvalue weighted by atomic mass is 15.0. The van der Waals surface area contributed by atoms with Crippen LogP contribution in [0.4, 0.5) is 5.82 Å². The van der Waals surface area contributed by atoms with Gasteiger partial charge in [0.15, 0.2) is 0 Å². The van der Waals surface area contributed by atoms with Crippen LogP contribution in [0, 0.1) is 18.3 Å². The third-order valence-corrected chi connectivity index (χ3v) is 3.39. The van der Waals surface area contributed by atoms with Crippen LogP contribution < -0.4 is 5.32 Å². The van der Waals surface area contributed by atoms with Gasteiger partial charge in [-0.1, -0.05) is 24.3 Å². The van der Waals surface area contributed by atoms with E-state index < -0.39 is 0 Å². The second-order valence-electron chi connectivity index (χ2n) is 4.81. The number of pyridine rings is 2. The predicted molar refractivity (Wildman–Crippen MR) is 82.8 cm³/mol. The molecule has 2 heterocycles. The van der Waals surface area contributed by atoms with E-state index in [2.05, 4.69) is 21.4 Å². The van der Waals surface area contributed by atoms with Crippen molar-refractivity contribution in [3.05, 3.63) is 65.5 Å². The molecule has 0 atom stereocenters. The maximum atomic E-state index is 9.28. The molecule has 0 aliphatic carbocycles. The lowest BCUT2D eigenvalue weighted by Crippen LogP contribution is -2.06. The van der Waals surface area contributed by atoms with Gasteiger partial charge in [0.05, 0.1) is 23.3 Å². The van der Waals surface area contributed by atoms with Crippen molar-refractivity contribution in [2.75, 3.05) is 5.32 Å². The maximum absolute atomic E-state index is 9.28. The Kier molecular flexibility index (Phi) is 3.48. The number of anilines is 1. The fourth-order valence-electron chi connectivity index (χ4n) is 2.21. The Morgan fingerprint density at radius 1 is 1.19 bits per heavy atom. The van der Waals surface area contributed by atoms with Gasteiger partial charge < -0.3 is 5.32 Å². The van der Waals surface area contributed by atoms with Crippen LogP contribution in [0.1, 0.15) is 16.8 Å². The van der Waals surface area contributed by atoms with Crippen LogP contribution in [0.5, 0.6) is 0 Å². The van der Waals surface area contributed by atoms with Gasteiger partial charge in [0.25, 0.3) is 0 Å². The number of hydrogen-bond acceptors (Lipinski definition) is 4. The molecule has 0 unspecified atom stereocenters. The molecule has 0 aliphatic rings. The highest BCUT2D eigenvalue weighted by Gasteiger charge is 2.07. The van der Waals surface area contributed by atoms with Crippen LogP contribution >= 0.6 is 0 Å². The number of hydrogen-bond donors (Lipinski definition) is 1. The summed E-state index contributed by atoms with van der Waals surface area (Å²) >= 11 is 0. The fraction of sp³-hybridized carbons (Fsp3) is 0.118. The molecule has 3 rings (SSSR count). The van der Waals surface area contributed by atoms with Gasteiger partial charge in [-0.3, -0.25) is 4.98 Å². The molecule has 0 saturated carbocycles. The summed E-state index contributed by atoms with van der Waals surface area (Å²) in [5.74, 6) is 0.598. The van der Waals surface area contributed by atoms with E-state index in [9.17, 15) is 5.26 Å². The molecule has 0 bridgehead atoms. The zero-order valence-corrected chi connectivity index (χ0v) is 11.7. The summed E-state index contributed by atoms with van der Waals surface area (Å²) in [6.07, 6.45) is 1.77. The lowest BCUT2D eigenvalue weighted by atomic mass is 10.1. The molecule has 102 valence electrons. The van der Waals surface area contributed by atoms with E-state index in [1.807, 2.05) is 49.4 Å². The van der Waals surface area contributed by atoms with Crippen molar-refractivity contribution in [2.24, 2.45) is 0 Å². The monoisotopic (exact) mass is 274 g/mol. The lowest BCUT2D eigenvalue weighted by Gasteiger charge is -2.09. The number of aryl methyl sites for hydroxylation is 1. The fourth-order valence-corrected chi connectivity index (χ4v) is 2.21. The van der Waals surface area contributed by atoms with E-state index in [1.165, 1.54) is 0 Å². The largest absolute Gasteiger partial charge is 0.363 e. The van der Waals surface area contributed by atoms with Crippen molar-refractivity contribution in [1.29, 1.82) is 5.26 Å². The Bertz CT molecular complexity index is 834. The number of fused-ring (bicyclic) bond motifs is 1. The van der Waals surface area contributed by atoms with Crippen LogP contribution in [-0.4, -0.2) is 9.97 Å². The normalized spacial score (nSPS) is 10.3. The summed E-state index contributed by atoms with van der Waals surface area (Å²) in [6.45, 7) is 2.57. The van der Waals surface area contributed by atoms with Crippen molar-refractivity contribution in [1.82, 2.24) is 9.97 Å². The van der Waals surface area contributed by atoms with Crippen molar-refractivity contribution in [2.45, 2.75) is 13.5 Å². The quantitative estimate of drug-likeness (QED) is 0.795. The number of nitrogens with one attached hydrogen (secondary N) is 1. The van der Waals surface area contributed by atoms with Gasteiger partial charge >= 0.3 is 0 Å². The Labute approximate surface area is 123 Å². The van der Waals surface area contributed by atoms with Crippen LogP contribution in [0.15, 0.2) is 48.7 Å². The van der Waals surface area contributed by atoms with Crippen LogP contribution in [0.2, 0.25) is 0 Å². The summed E-state index contributed by atoms with van der Waals surface area (Å²) in [7, 11) is 0. The van der Waals surface area contributed by atoms with Gasteiger partial charge in [-0.2, -0.15) is 5.26 Å². The molecule has 0 spiro atoms. The standard InChI is InChI=1S/C17H14N4/c1-12-5-4-8-19-16(12)11-20-17-14(10-18)9-13-6-2-3-7-15(13)21-17/h2-9H,11H2,1H3,(H,20,21). The predicted octanol–water partition coefficient (Wildman–Crippen LogP) is 3.42. The van der Waals surface area contributed by atoms with Gasteiger partial charge in [-0.15, -0.1) is 0 Å². The Morgan fingerprint density at radius 2 is 2.05 bits per heavy atom. The number of para-hydroxylation sites is 1. The van der Waals surface area contributed by atoms with E-state index in [0.29, 0.717) is 17.9 Å². The van der Waals surface area contributed by atoms with E-state index in [-0.39, 0.29) is 0 Å². The SMILES string of the molecule is Cc1cccnc1CNc1nc2ccccc2cc1C#N. The molecule has 4 nitrogen and oxygen atoms in total. The van der Waals surface area contributed by atoms with Gasteiger partial charge in [-0.05, 0) is 30.7 Å². The Hall–Kier alpha value is -2.93. The second kappa shape index (κ2) is 5.59. The summed E-state index contributed by atoms with van der Waals surface area (Å²) < 4.78 is 0. The van der Waals surface area contributed by atoms with Gasteiger partial charge in [-0.25, -0.2) is 4.98 Å². The maximum Gasteiger partial charge on any atom is 0.144 e. The van der Waals surface area contributed by atoms with Crippen molar-refractivity contribution < 1.29 is 0 Å². The molecule has 0 amide bonds. The highest BCUT2D eigenvalue weighted by Crippen LogP contribution is 2.20. The van der Waals surface area contributed by atoms with Crippen molar-refractivity contribution in [3.63, 3.8) is 0 Å². The molecule has 1 aromatic carbocycles. The number of nitriles is 1. The molecule has 0 fully saturated rings. The first-order valence-electron chi connectivity index (χ1n) is 6.72. The molecule has 0 saturated heterocycles. The number of aromatic nitrogens is 2. The number of nitrogens with zero attached hydrogens (tertiary/aromatic N) is 3. The van der Waals surface area contributed by atoms with Gasteiger partial charge in [0.2, 0.25) is 0 Å². The molecule has 0 radical (unpaired) electrons. The molecule has 21 heavy (non-hydrogen) atoms. The number of rotatable bonds is 3. The van der Waals surface area contributed by atoms with E-state index >= 15 is 0 Å². The van der Waals surface area contributed by atoms with Crippen molar-refractivity contribution in [3.8, 4) is 6.07 Å². The Balaban J connectivity index is 1.93. The first-order chi connectivity index (χ1) is 10.3. The minimum absolute atomic E-state index is 0.544. The minimum atomic E-state index is 0.544. The van der Waals surface area contributed by atoms with Crippen LogP contribution in [0.3, 0.4) is 0 Å². The summed E-state index contributed by atoms with van der Waals surface area (Å²) in [5, 5.41) is 13.5. The Morgan fingerprint density at radius 3 is 2.86 bits per heavy atom. The average molecular weight is 274 g/mol. The first-order valence-corrected chi connectivity index (χ1v) is 6.72. The minimum Gasteiger partial charge on any atom is -0.363 e. The second-order valence-corrected chi connectivity index (χ2v) is 4.81. The zero-order chi connectivity index (χ0) is 14.7. The van der Waals surface area contributed by atoms with E-state index in [0.717, 1.165) is 22.2 Å². The molecule has 2 aromatic heterocycles. The molecule has 3 aromatic rings. The molecule has 1 N–H and O–H groups in total. The third-order valence-electron chi connectivity index (χ3n) is 3.39. The third kappa shape index (κ3) is 2.67. The molecular weight excluding hydrogens is 260 g/mol. The zero-order valence-electron chi connectivity index (χ0n) is 11.7. The molecular formula is C17H14N4. The molecule has 0 aliphatic heterocycles. The van der Waals surface area contributed by atoms with Crippen LogP contribution in [-0.2, 0) is 6.54 Å². The highest BCUT2D eigenvalue weighted by molar-refractivity contribution is 5.82. The average Bonchev–Trinajstić information content (AvgIpc) is 2.53. The van der Waals surface area contributed by atoms with Gasteiger partial charge in [0, 0.05) is 11.6 Å². The van der Waals surface area contributed by atoms with E-state index in [4.69, 9.17) is 0 Å². The van der Waals surface area contributed by atoms with Gasteiger partial charge in [0.1, 0.15) is 11.9 Å². The topological polar surface area (TPSA) is 61.6 Å². The van der Waals surface area contributed by atoms with Crippen molar-refractivity contribution >= 4 is 16.7 Å². The summed E-state index contributed by atoms with van der Waals surface area (Å²) in [4.78, 5) is 8.87.